The average Bonchev–Trinajstić information content (AvgIpc) is 3.09. The number of primary sulfonamides is 1. The summed E-state index contributed by atoms with van der Waals surface area (Å²) in [4.78, 5) is 7.88. The van der Waals surface area contributed by atoms with Crippen molar-refractivity contribution < 1.29 is 17.9 Å². The summed E-state index contributed by atoms with van der Waals surface area (Å²) in [6, 6.07) is 5.10. The molecule has 156 valence electrons. The largest absolute Gasteiger partial charge is 0.389 e. The fourth-order valence-electron chi connectivity index (χ4n) is 2.61. The van der Waals surface area contributed by atoms with Gasteiger partial charge < -0.3 is 10.4 Å². The minimum atomic E-state index is -4.04. The zero-order valence-electron chi connectivity index (χ0n) is 16.0. The van der Waals surface area contributed by atoms with Crippen molar-refractivity contribution in [1.29, 1.82) is 5.26 Å². The van der Waals surface area contributed by atoms with Crippen LogP contribution >= 0.6 is 0 Å². The van der Waals surface area contributed by atoms with Gasteiger partial charge >= 0.3 is 0 Å². The molecule has 0 atom stereocenters. The number of hydrogen-bond donors (Lipinski definition) is 3. The van der Waals surface area contributed by atoms with Gasteiger partial charge in [0.25, 0.3) is 0 Å². The fraction of sp³-hybridized carbons (Fsp3) is 0.222. The molecule has 2 heterocycles. The molecule has 0 amide bonds. The number of rotatable bonds is 6. The highest BCUT2D eigenvalue weighted by molar-refractivity contribution is 7.89. The lowest BCUT2D eigenvalue weighted by molar-refractivity contribution is 0.0577. The van der Waals surface area contributed by atoms with Gasteiger partial charge in [0.15, 0.2) is 0 Å². The van der Waals surface area contributed by atoms with Crippen molar-refractivity contribution in [2.75, 3.05) is 5.32 Å². The highest BCUT2D eigenvalue weighted by Gasteiger charge is 2.17. The molecule has 0 spiro atoms. The van der Waals surface area contributed by atoms with Crippen molar-refractivity contribution in [3.63, 3.8) is 0 Å². The molecule has 2 aromatic heterocycles. The number of aliphatic hydroxyl groups is 1. The van der Waals surface area contributed by atoms with Crippen LogP contribution in [-0.4, -0.2) is 38.9 Å². The van der Waals surface area contributed by atoms with Crippen molar-refractivity contribution in [3.8, 4) is 17.3 Å². The molecule has 3 aromatic rings. The van der Waals surface area contributed by atoms with Gasteiger partial charge in [0.2, 0.25) is 16.0 Å². The highest BCUT2D eigenvalue weighted by Crippen LogP contribution is 2.25. The Balaban J connectivity index is 1.93. The van der Waals surface area contributed by atoms with Gasteiger partial charge in [0.05, 0.1) is 46.4 Å². The second-order valence-electron chi connectivity index (χ2n) is 7.12. The first-order valence-corrected chi connectivity index (χ1v) is 10.1. The molecule has 3 rings (SSSR count). The standard InChI is InChI=1S/C18H18FN7O3S/c1-18(2,27)10-26-9-12(8-23-26)16-11(6-20)7-22-17(25-16)24-15-4-3-13(5-14(15)19)30(21,28)29/h3-5,7-9,27H,10H2,1-2H3,(H2,21,28,29)(H,22,24,25). The van der Waals surface area contributed by atoms with Crippen LogP contribution in [-0.2, 0) is 16.6 Å². The van der Waals surface area contributed by atoms with Gasteiger partial charge in [0, 0.05) is 11.8 Å². The van der Waals surface area contributed by atoms with Crippen LogP contribution in [0.15, 0.2) is 41.7 Å². The fourth-order valence-corrected chi connectivity index (χ4v) is 3.13. The van der Waals surface area contributed by atoms with Crippen molar-refractivity contribution in [3.05, 3.63) is 48.2 Å². The van der Waals surface area contributed by atoms with Crippen LogP contribution in [0.25, 0.3) is 11.3 Å². The Morgan fingerprint density at radius 2 is 2.10 bits per heavy atom. The van der Waals surface area contributed by atoms with E-state index in [1.165, 1.54) is 23.1 Å². The first kappa shape index (κ1) is 21.3. The second kappa shape index (κ2) is 7.79. The first-order chi connectivity index (χ1) is 14.0. The number of sulfonamides is 1. The number of halogens is 1. The molecule has 0 aliphatic heterocycles. The number of benzene rings is 1. The van der Waals surface area contributed by atoms with Gasteiger partial charge in [-0.05, 0) is 32.0 Å². The smallest absolute Gasteiger partial charge is 0.238 e. The number of nitriles is 1. The second-order valence-corrected chi connectivity index (χ2v) is 8.68. The third-order valence-corrected chi connectivity index (χ3v) is 4.79. The molecule has 0 aliphatic carbocycles. The Morgan fingerprint density at radius 3 is 2.70 bits per heavy atom. The van der Waals surface area contributed by atoms with E-state index >= 15 is 0 Å². The van der Waals surface area contributed by atoms with E-state index in [-0.39, 0.29) is 34.3 Å². The van der Waals surface area contributed by atoms with Gasteiger partial charge in [0.1, 0.15) is 11.9 Å². The monoisotopic (exact) mass is 431 g/mol. The number of hydrogen-bond acceptors (Lipinski definition) is 8. The molecule has 10 nitrogen and oxygen atoms in total. The van der Waals surface area contributed by atoms with E-state index in [1.54, 1.807) is 20.0 Å². The van der Waals surface area contributed by atoms with E-state index in [2.05, 4.69) is 20.4 Å². The molecule has 0 bridgehead atoms. The molecular formula is C18H18FN7O3S. The average molecular weight is 431 g/mol. The molecule has 30 heavy (non-hydrogen) atoms. The van der Waals surface area contributed by atoms with Crippen molar-refractivity contribution >= 4 is 21.7 Å². The normalized spacial score (nSPS) is 11.9. The summed E-state index contributed by atoms with van der Waals surface area (Å²) in [6.07, 6.45) is 4.38. The molecule has 1 aromatic carbocycles. The van der Waals surface area contributed by atoms with Crippen LogP contribution < -0.4 is 10.5 Å². The van der Waals surface area contributed by atoms with Crippen molar-refractivity contribution in [2.24, 2.45) is 5.14 Å². The SMILES string of the molecule is CC(C)(O)Cn1cc(-c2nc(Nc3ccc(S(N)(=O)=O)cc3F)ncc2C#N)cn1. The number of aromatic nitrogens is 4. The summed E-state index contributed by atoms with van der Waals surface area (Å²) in [5, 5.41) is 31.1. The van der Waals surface area contributed by atoms with E-state index in [4.69, 9.17) is 5.14 Å². The third-order valence-electron chi connectivity index (χ3n) is 3.88. The Labute approximate surface area is 171 Å². The van der Waals surface area contributed by atoms with E-state index in [0.717, 1.165) is 12.1 Å². The lowest BCUT2D eigenvalue weighted by Gasteiger charge is -2.16. The minimum Gasteiger partial charge on any atom is -0.389 e. The summed E-state index contributed by atoms with van der Waals surface area (Å²) in [7, 11) is -4.04. The predicted octanol–water partition coefficient (Wildman–Crippen LogP) is 1.51. The summed E-state index contributed by atoms with van der Waals surface area (Å²) < 4.78 is 38.4. The van der Waals surface area contributed by atoms with E-state index in [9.17, 15) is 23.2 Å². The quantitative estimate of drug-likeness (QED) is 0.529. The van der Waals surface area contributed by atoms with Crippen LogP contribution in [0.1, 0.15) is 19.4 Å². The maximum Gasteiger partial charge on any atom is 0.238 e. The minimum absolute atomic E-state index is 0.0125. The number of nitrogens with two attached hydrogens (primary N) is 1. The summed E-state index contributed by atoms with van der Waals surface area (Å²) in [5.41, 5.74) is -0.116. The Bertz CT molecular complexity index is 1240. The molecule has 4 N–H and O–H groups in total. The van der Waals surface area contributed by atoms with Gasteiger partial charge in [-0.15, -0.1) is 0 Å². The van der Waals surface area contributed by atoms with E-state index in [0.29, 0.717) is 5.56 Å². The van der Waals surface area contributed by atoms with Crippen LogP contribution in [0.3, 0.4) is 0 Å². The van der Waals surface area contributed by atoms with Crippen LogP contribution in [0.5, 0.6) is 0 Å². The topological polar surface area (TPSA) is 160 Å². The van der Waals surface area contributed by atoms with E-state index < -0.39 is 21.4 Å². The molecule has 12 heteroatoms. The molecule has 0 saturated heterocycles. The number of nitrogens with zero attached hydrogens (tertiary/aromatic N) is 5. The molecule has 0 unspecified atom stereocenters. The number of nitrogens with one attached hydrogen (secondary N) is 1. The van der Waals surface area contributed by atoms with Crippen molar-refractivity contribution in [2.45, 2.75) is 30.9 Å². The highest BCUT2D eigenvalue weighted by atomic mass is 32.2. The first-order valence-electron chi connectivity index (χ1n) is 8.58. The van der Waals surface area contributed by atoms with Crippen LogP contribution in [0.4, 0.5) is 16.0 Å². The lowest BCUT2D eigenvalue weighted by Crippen LogP contribution is -2.26. The molecule has 0 saturated carbocycles. The van der Waals surface area contributed by atoms with Gasteiger partial charge in [-0.1, -0.05) is 0 Å². The van der Waals surface area contributed by atoms with Gasteiger partial charge in [-0.25, -0.2) is 27.9 Å². The lowest BCUT2D eigenvalue weighted by atomic mass is 10.1. The Kier molecular flexibility index (Phi) is 5.53. The zero-order valence-corrected chi connectivity index (χ0v) is 16.9. The summed E-state index contributed by atoms with van der Waals surface area (Å²) in [5.74, 6) is -0.879. The van der Waals surface area contributed by atoms with Gasteiger partial charge in [-0.2, -0.15) is 10.4 Å². The molecule has 0 aliphatic rings. The maximum absolute atomic E-state index is 14.3. The Hall–Kier alpha value is -3.40. The Morgan fingerprint density at radius 1 is 1.37 bits per heavy atom. The summed E-state index contributed by atoms with van der Waals surface area (Å²) in [6.45, 7) is 3.50. The van der Waals surface area contributed by atoms with Crippen molar-refractivity contribution in [1.82, 2.24) is 19.7 Å². The van der Waals surface area contributed by atoms with E-state index in [1.807, 2.05) is 6.07 Å². The third kappa shape index (κ3) is 4.95. The number of anilines is 2. The van der Waals surface area contributed by atoms with Crippen LogP contribution in [0.2, 0.25) is 0 Å². The summed E-state index contributed by atoms with van der Waals surface area (Å²) >= 11 is 0. The molecule has 0 radical (unpaired) electrons. The molecule has 0 fully saturated rings. The maximum atomic E-state index is 14.3. The molecular weight excluding hydrogens is 413 g/mol. The van der Waals surface area contributed by atoms with Crippen LogP contribution in [0, 0.1) is 17.1 Å². The van der Waals surface area contributed by atoms with Gasteiger partial charge in [-0.3, -0.25) is 4.68 Å². The zero-order chi connectivity index (χ0) is 22.1. The predicted molar refractivity (Wildman–Crippen MR) is 105 cm³/mol.